The van der Waals surface area contributed by atoms with E-state index >= 15 is 0 Å². The van der Waals surface area contributed by atoms with E-state index in [1.807, 2.05) is 11.5 Å². The zero-order valence-electron chi connectivity index (χ0n) is 17.8. The first-order valence-electron chi connectivity index (χ1n) is 10.4. The van der Waals surface area contributed by atoms with Gasteiger partial charge in [0.1, 0.15) is 18.2 Å². The summed E-state index contributed by atoms with van der Waals surface area (Å²) >= 11 is 0. The molecule has 1 saturated heterocycles. The summed E-state index contributed by atoms with van der Waals surface area (Å²) in [5.74, 6) is 0.587. The number of benzene rings is 1. The highest BCUT2D eigenvalue weighted by atomic mass is 32.2. The summed E-state index contributed by atoms with van der Waals surface area (Å²) in [7, 11) is -3.62. The molecule has 0 saturated carbocycles. The molecule has 9 nitrogen and oxygen atoms in total. The number of imidazole rings is 1. The maximum absolute atomic E-state index is 13.0. The summed E-state index contributed by atoms with van der Waals surface area (Å²) in [6.07, 6.45) is 5.18. The number of ether oxygens (including phenoxy) is 2. The fourth-order valence-electron chi connectivity index (χ4n) is 3.56. The Bertz CT molecular complexity index is 1210. The average molecular weight is 460 g/mol. The van der Waals surface area contributed by atoms with Gasteiger partial charge in [0.15, 0.2) is 0 Å². The lowest BCUT2D eigenvalue weighted by atomic mass is 10.3. The quantitative estimate of drug-likeness (QED) is 0.377. The lowest BCUT2D eigenvalue weighted by Gasteiger charge is -2.26. The Morgan fingerprint density at radius 1 is 1.25 bits per heavy atom. The summed E-state index contributed by atoms with van der Waals surface area (Å²) in [6, 6.07) is 8.39. The molecule has 0 N–H and O–H groups in total. The van der Waals surface area contributed by atoms with Gasteiger partial charge in [-0.1, -0.05) is 6.92 Å². The number of nitrogens with zero attached hydrogens (tertiary/aromatic N) is 3. The molecule has 0 aliphatic carbocycles. The third-order valence-corrected chi connectivity index (χ3v) is 7.02. The zero-order valence-corrected chi connectivity index (χ0v) is 18.6. The van der Waals surface area contributed by atoms with Crippen molar-refractivity contribution >= 4 is 33.1 Å². The monoisotopic (exact) mass is 459 g/mol. The summed E-state index contributed by atoms with van der Waals surface area (Å²) < 4.78 is 45.1. The molecule has 1 fully saturated rings. The molecule has 3 aromatic rings. The smallest absolute Gasteiger partial charge is 0.331 e. The summed E-state index contributed by atoms with van der Waals surface area (Å²) in [5, 5.41) is 0. The van der Waals surface area contributed by atoms with Gasteiger partial charge in [0.05, 0.1) is 35.4 Å². The SMILES string of the molecule is CCCn1c(COC(=O)/C=C/c2ccco2)nc2cc(S(=O)(=O)N3CCOCC3)ccc21. The van der Waals surface area contributed by atoms with E-state index in [4.69, 9.17) is 13.9 Å². The number of hydrogen-bond donors (Lipinski definition) is 0. The van der Waals surface area contributed by atoms with Gasteiger partial charge in [-0.05, 0) is 42.8 Å². The van der Waals surface area contributed by atoms with Crippen molar-refractivity contribution in [1.29, 1.82) is 0 Å². The van der Waals surface area contributed by atoms with Crippen LogP contribution in [0.2, 0.25) is 0 Å². The number of esters is 1. The molecule has 0 bridgehead atoms. The molecule has 0 spiro atoms. The van der Waals surface area contributed by atoms with Crippen LogP contribution >= 0.6 is 0 Å². The van der Waals surface area contributed by atoms with Crippen LogP contribution in [0, 0.1) is 0 Å². The minimum Gasteiger partial charge on any atom is -0.465 e. The standard InChI is InChI=1S/C22H25N3O6S/c1-2-9-25-20-7-6-18(32(27,28)24-10-13-29-14-11-24)15-19(20)23-21(25)16-31-22(26)8-5-17-4-3-12-30-17/h3-8,12,15H,2,9-11,13-14,16H2,1H3/b8-5+. The van der Waals surface area contributed by atoms with E-state index in [9.17, 15) is 13.2 Å². The van der Waals surface area contributed by atoms with Crippen molar-refractivity contribution in [3.63, 3.8) is 0 Å². The van der Waals surface area contributed by atoms with Crippen molar-refractivity contribution in [2.75, 3.05) is 26.3 Å². The van der Waals surface area contributed by atoms with Crippen molar-refractivity contribution in [3.8, 4) is 0 Å². The highest BCUT2D eigenvalue weighted by Crippen LogP contribution is 2.24. The third-order valence-electron chi connectivity index (χ3n) is 5.12. The van der Waals surface area contributed by atoms with Crippen molar-refractivity contribution in [2.24, 2.45) is 0 Å². The molecular weight excluding hydrogens is 434 g/mol. The number of fused-ring (bicyclic) bond motifs is 1. The molecule has 1 aliphatic rings. The molecular formula is C22H25N3O6S. The normalized spacial score (nSPS) is 15.5. The largest absolute Gasteiger partial charge is 0.465 e. The Morgan fingerprint density at radius 2 is 2.06 bits per heavy atom. The van der Waals surface area contributed by atoms with E-state index < -0.39 is 16.0 Å². The highest BCUT2D eigenvalue weighted by Gasteiger charge is 2.27. The van der Waals surface area contributed by atoms with Gasteiger partial charge >= 0.3 is 5.97 Å². The lowest BCUT2D eigenvalue weighted by molar-refractivity contribution is -0.139. The lowest BCUT2D eigenvalue weighted by Crippen LogP contribution is -2.40. The molecule has 2 aromatic heterocycles. The Labute approximate surface area is 186 Å². The van der Waals surface area contributed by atoms with Gasteiger partial charge in [-0.15, -0.1) is 0 Å². The summed E-state index contributed by atoms with van der Waals surface area (Å²) in [4.78, 5) is 16.8. The van der Waals surface area contributed by atoms with E-state index in [0.717, 1.165) is 11.9 Å². The Hall–Kier alpha value is -2.95. The second kappa shape index (κ2) is 9.68. The Kier molecular flexibility index (Phi) is 6.73. The number of rotatable bonds is 8. The molecule has 0 radical (unpaired) electrons. The predicted octanol–water partition coefficient (Wildman–Crippen LogP) is 2.82. The first-order chi connectivity index (χ1) is 15.5. The molecule has 0 amide bonds. The van der Waals surface area contributed by atoms with Gasteiger partial charge < -0.3 is 18.5 Å². The van der Waals surface area contributed by atoms with E-state index in [0.29, 0.717) is 49.9 Å². The van der Waals surface area contributed by atoms with E-state index in [1.54, 1.807) is 30.3 Å². The third kappa shape index (κ3) is 4.77. The number of furan rings is 1. The van der Waals surface area contributed by atoms with Crippen molar-refractivity contribution in [1.82, 2.24) is 13.9 Å². The van der Waals surface area contributed by atoms with Gasteiger partial charge in [-0.25, -0.2) is 18.2 Å². The van der Waals surface area contributed by atoms with Gasteiger partial charge in [-0.3, -0.25) is 0 Å². The molecule has 4 rings (SSSR count). The molecule has 10 heteroatoms. The van der Waals surface area contributed by atoms with E-state index in [2.05, 4.69) is 4.98 Å². The summed E-state index contributed by atoms with van der Waals surface area (Å²) in [5.41, 5.74) is 1.34. The molecule has 32 heavy (non-hydrogen) atoms. The molecule has 1 aliphatic heterocycles. The van der Waals surface area contributed by atoms with Crippen molar-refractivity contribution in [3.05, 3.63) is 54.3 Å². The summed E-state index contributed by atoms with van der Waals surface area (Å²) in [6.45, 7) is 4.11. The van der Waals surface area contributed by atoms with E-state index in [-0.39, 0.29) is 11.5 Å². The predicted molar refractivity (Wildman–Crippen MR) is 117 cm³/mol. The van der Waals surface area contributed by atoms with Crippen LogP contribution in [0.15, 0.2) is 52.0 Å². The van der Waals surface area contributed by atoms with E-state index in [1.165, 1.54) is 22.7 Å². The molecule has 1 aromatic carbocycles. The minimum absolute atomic E-state index is 0.0262. The topological polar surface area (TPSA) is 104 Å². The van der Waals surface area contributed by atoms with Crippen LogP contribution in [-0.4, -0.2) is 54.5 Å². The van der Waals surface area contributed by atoms with Gasteiger partial charge in [-0.2, -0.15) is 4.31 Å². The molecule has 0 atom stereocenters. The Morgan fingerprint density at radius 3 is 2.78 bits per heavy atom. The number of hydrogen-bond acceptors (Lipinski definition) is 7. The number of morpholine rings is 1. The van der Waals surface area contributed by atoms with Crippen molar-refractivity contribution < 1.29 is 27.1 Å². The zero-order chi connectivity index (χ0) is 22.6. The van der Waals surface area contributed by atoms with Crippen LogP contribution < -0.4 is 0 Å². The highest BCUT2D eigenvalue weighted by molar-refractivity contribution is 7.89. The first kappa shape index (κ1) is 22.3. The van der Waals surface area contributed by atoms with Crippen LogP contribution in [0.25, 0.3) is 17.1 Å². The van der Waals surface area contributed by atoms with Crippen LogP contribution in [-0.2, 0) is 37.4 Å². The number of carbonyl (C=O) groups excluding carboxylic acids is 1. The second-order valence-corrected chi connectivity index (χ2v) is 9.24. The molecule has 3 heterocycles. The van der Waals surface area contributed by atoms with Crippen LogP contribution in [0.1, 0.15) is 24.9 Å². The van der Waals surface area contributed by atoms with Crippen LogP contribution in [0.4, 0.5) is 0 Å². The van der Waals surface area contributed by atoms with Gasteiger partial charge in [0.2, 0.25) is 10.0 Å². The minimum atomic E-state index is -3.62. The second-order valence-electron chi connectivity index (χ2n) is 7.30. The number of aromatic nitrogens is 2. The maximum Gasteiger partial charge on any atom is 0.331 e. The van der Waals surface area contributed by atoms with Crippen LogP contribution in [0.5, 0.6) is 0 Å². The molecule has 170 valence electrons. The van der Waals surface area contributed by atoms with Gasteiger partial charge in [0.25, 0.3) is 0 Å². The number of aryl methyl sites for hydroxylation is 1. The fraction of sp³-hybridized carbons (Fsp3) is 0.364. The number of sulfonamides is 1. The van der Waals surface area contributed by atoms with Gasteiger partial charge in [0, 0.05) is 25.7 Å². The maximum atomic E-state index is 13.0. The van der Waals surface area contributed by atoms with Crippen molar-refractivity contribution in [2.45, 2.75) is 31.4 Å². The van der Waals surface area contributed by atoms with Crippen LogP contribution in [0.3, 0.4) is 0 Å². The average Bonchev–Trinajstić information content (AvgIpc) is 3.45. The molecule has 0 unspecified atom stereocenters. The first-order valence-corrected chi connectivity index (χ1v) is 11.9. The Balaban J connectivity index is 1.56. The fourth-order valence-corrected chi connectivity index (χ4v) is 4.99. The number of carbonyl (C=O) groups is 1.